The average Bonchev–Trinajstić information content (AvgIpc) is 3.17. The Morgan fingerprint density at radius 2 is 2.22 bits per heavy atom. The molecule has 2 unspecified atom stereocenters. The second-order valence-electron chi connectivity index (χ2n) is 6.35. The van der Waals surface area contributed by atoms with Crippen LogP contribution in [0.4, 0.5) is 15.1 Å². The average molecular weight is 498 g/mol. The lowest BCUT2D eigenvalue weighted by Crippen LogP contribution is -2.33. The largest absolute Gasteiger partial charge is 0.390 e. The number of aromatic nitrogens is 1. The molecule has 140 valence electrons. The third-order valence-electron chi connectivity index (χ3n) is 4.48. The lowest BCUT2D eigenvalue weighted by atomic mass is 10.1. The lowest BCUT2D eigenvalue weighted by molar-refractivity contribution is 0.0768. The van der Waals surface area contributed by atoms with Crippen molar-refractivity contribution in [3.8, 4) is 0 Å². The van der Waals surface area contributed by atoms with E-state index in [2.05, 4.69) is 10.3 Å². The summed E-state index contributed by atoms with van der Waals surface area (Å²) in [7, 11) is 0. The van der Waals surface area contributed by atoms with Gasteiger partial charge in [-0.2, -0.15) is 0 Å². The fraction of sp³-hybridized carbons (Fsp3) is 0.222. The van der Waals surface area contributed by atoms with E-state index in [0.717, 1.165) is 3.57 Å². The van der Waals surface area contributed by atoms with Gasteiger partial charge in [-0.05, 0) is 52.9 Å². The van der Waals surface area contributed by atoms with E-state index in [9.17, 15) is 14.3 Å². The summed E-state index contributed by atoms with van der Waals surface area (Å²) in [6.07, 6.45) is 0.903. The van der Waals surface area contributed by atoms with Crippen LogP contribution < -0.4 is 11.1 Å². The molecule has 0 bridgehead atoms. The fourth-order valence-electron chi connectivity index (χ4n) is 3.08. The minimum absolute atomic E-state index is 0.176. The van der Waals surface area contributed by atoms with Crippen molar-refractivity contribution >= 4 is 60.7 Å². The van der Waals surface area contributed by atoms with Crippen molar-refractivity contribution in [2.75, 3.05) is 18.4 Å². The molecule has 1 aliphatic heterocycles. The van der Waals surface area contributed by atoms with Crippen molar-refractivity contribution in [1.82, 2.24) is 9.88 Å². The SMILES string of the molecule is NC1CN(C(=O)c2c(Nc3ccc(I)cc3F)sc3ncccc23)CC1O. The molecule has 2 atom stereocenters. The number of thiophene rings is 1. The summed E-state index contributed by atoms with van der Waals surface area (Å²) in [5, 5.41) is 14.2. The second-order valence-corrected chi connectivity index (χ2v) is 8.60. The molecule has 2 aromatic heterocycles. The summed E-state index contributed by atoms with van der Waals surface area (Å²) in [5.41, 5.74) is 6.55. The third-order valence-corrected chi connectivity index (χ3v) is 6.18. The molecular formula is C18H16FIN4O2S. The van der Waals surface area contributed by atoms with Gasteiger partial charge in [0, 0.05) is 34.3 Å². The number of carbonyl (C=O) groups excluding carboxylic acids is 1. The van der Waals surface area contributed by atoms with Crippen LogP contribution in [0.2, 0.25) is 0 Å². The molecule has 0 spiro atoms. The molecule has 4 N–H and O–H groups in total. The summed E-state index contributed by atoms with van der Waals surface area (Å²) in [6.45, 7) is 0.448. The molecule has 1 aliphatic rings. The highest BCUT2D eigenvalue weighted by Crippen LogP contribution is 2.38. The van der Waals surface area contributed by atoms with E-state index in [-0.39, 0.29) is 24.7 Å². The van der Waals surface area contributed by atoms with E-state index >= 15 is 0 Å². The topological polar surface area (TPSA) is 91.5 Å². The van der Waals surface area contributed by atoms with Crippen molar-refractivity contribution in [2.24, 2.45) is 5.73 Å². The molecule has 4 rings (SSSR count). The van der Waals surface area contributed by atoms with Crippen LogP contribution in [0.3, 0.4) is 0 Å². The predicted octanol–water partition coefficient (Wildman–Crippen LogP) is 2.93. The van der Waals surface area contributed by atoms with Crippen LogP contribution in [0, 0.1) is 9.39 Å². The third kappa shape index (κ3) is 3.51. The zero-order valence-electron chi connectivity index (χ0n) is 14.0. The normalized spacial score (nSPS) is 19.6. The maximum absolute atomic E-state index is 14.3. The van der Waals surface area contributed by atoms with Gasteiger partial charge in [-0.3, -0.25) is 4.79 Å². The number of aliphatic hydroxyl groups excluding tert-OH is 1. The second kappa shape index (κ2) is 7.30. The number of nitrogens with zero attached hydrogens (tertiary/aromatic N) is 2. The number of β-amino-alcohol motifs (C(OH)–C–C–N with tert-alkyl or cyclic N) is 1. The zero-order chi connectivity index (χ0) is 19.1. The highest BCUT2D eigenvalue weighted by molar-refractivity contribution is 14.1. The van der Waals surface area contributed by atoms with Gasteiger partial charge in [-0.15, -0.1) is 0 Å². The molecular weight excluding hydrogens is 482 g/mol. The Hall–Kier alpha value is -1.82. The Labute approximate surface area is 172 Å². The van der Waals surface area contributed by atoms with Gasteiger partial charge >= 0.3 is 0 Å². The number of hydrogen-bond donors (Lipinski definition) is 3. The van der Waals surface area contributed by atoms with Gasteiger partial charge in [0.05, 0.1) is 17.4 Å². The number of amides is 1. The minimum Gasteiger partial charge on any atom is -0.390 e. The summed E-state index contributed by atoms with van der Waals surface area (Å²) < 4.78 is 15.1. The van der Waals surface area contributed by atoms with E-state index in [1.165, 1.54) is 22.3 Å². The number of rotatable bonds is 3. The number of nitrogens with two attached hydrogens (primary N) is 1. The molecule has 1 fully saturated rings. The van der Waals surface area contributed by atoms with Gasteiger partial charge in [-0.25, -0.2) is 9.37 Å². The minimum atomic E-state index is -0.748. The van der Waals surface area contributed by atoms with Gasteiger partial charge in [0.2, 0.25) is 0 Å². The molecule has 0 aliphatic carbocycles. The van der Waals surface area contributed by atoms with E-state index in [1.807, 2.05) is 28.7 Å². The van der Waals surface area contributed by atoms with Crippen LogP contribution in [-0.2, 0) is 0 Å². The molecule has 1 amide bonds. The summed E-state index contributed by atoms with van der Waals surface area (Å²) in [6, 6.07) is 7.95. The maximum Gasteiger partial charge on any atom is 0.257 e. The number of fused-ring (bicyclic) bond motifs is 1. The number of anilines is 2. The smallest absolute Gasteiger partial charge is 0.257 e. The maximum atomic E-state index is 14.3. The van der Waals surface area contributed by atoms with Crippen LogP contribution in [-0.4, -0.2) is 46.1 Å². The van der Waals surface area contributed by atoms with E-state index in [4.69, 9.17) is 5.73 Å². The van der Waals surface area contributed by atoms with Crippen LogP contribution in [0.5, 0.6) is 0 Å². The van der Waals surface area contributed by atoms with Crippen LogP contribution in [0.25, 0.3) is 10.2 Å². The van der Waals surface area contributed by atoms with E-state index in [1.54, 1.807) is 24.4 Å². The zero-order valence-corrected chi connectivity index (χ0v) is 17.0. The summed E-state index contributed by atoms with van der Waals surface area (Å²) in [5.74, 6) is -0.654. The molecule has 9 heteroatoms. The Kier molecular flexibility index (Phi) is 5.01. The molecule has 6 nitrogen and oxygen atoms in total. The van der Waals surface area contributed by atoms with E-state index in [0.29, 0.717) is 20.8 Å². The standard InChI is InChI=1S/C18H16FIN4O2S/c19-11-6-9(20)3-4-13(11)23-17-15(10-2-1-5-22-16(10)27-17)18(26)24-7-12(21)14(25)8-24/h1-6,12,14,23,25H,7-8,21H2. The van der Waals surface area contributed by atoms with Crippen molar-refractivity contribution in [3.63, 3.8) is 0 Å². The quantitative estimate of drug-likeness (QED) is 0.484. The van der Waals surface area contributed by atoms with Crippen molar-refractivity contribution in [3.05, 3.63) is 51.5 Å². The van der Waals surface area contributed by atoms with Gasteiger partial charge in [0.25, 0.3) is 5.91 Å². The van der Waals surface area contributed by atoms with Crippen molar-refractivity contribution < 1.29 is 14.3 Å². The number of likely N-dealkylation sites (tertiary alicyclic amines) is 1. The first-order valence-corrected chi connectivity index (χ1v) is 10.2. The Balaban J connectivity index is 1.76. The fourth-order valence-corrected chi connectivity index (χ4v) is 4.58. The van der Waals surface area contributed by atoms with Crippen molar-refractivity contribution in [1.29, 1.82) is 0 Å². The molecule has 1 aromatic carbocycles. The van der Waals surface area contributed by atoms with Crippen LogP contribution >= 0.6 is 33.9 Å². The summed E-state index contributed by atoms with van der Waals surface area (Å²) in [4.78, 5) is 19.7. The molecule has 0 saturated carbocycles. The molecule has 3 aromatic rings. The number of hydrogen-bond acceptors (Lipinski definition) is 6. The van der Waals surface area contributed by atoms with Gasteiger partial charge in [-0.1, -0.05) is 11.3 Å². The number of pyridine rings is 1. The first-order valence-electron chi connectivity index (χ1n) is 8.26. The van der Waals surface area contributed by atoms with Crippen LogP contribution in [0.15, 0.2) is 36.5 Å². The van der Waals surface area contributed by atoms with Crippen molar-refractivity contribution in [2.45, 2.75) is 12.1 Å². The first kappa shape index (κ1) is 18.5. The molecule has 1 saturated heterocycles. The number of nitrogens with one attached hydrogen (secondary N) is 1. The number of aliphatic hydroxyl groups is 1. The molecule has 27 heavy (non-hydrogen) atoms. The summed E-state index contributed by atoms with van der Waals surface area (Å²) >= 11 is 3.33. The molecule has 3 heterocycles. The van der Waals surface area contributed by atoms with Gasteiger partial charge in [0.1, 0.15) is 15.6 Å². The monoisotopic (exact) mass is 498 g/mol. The number of carbonyl (C=O) groups is 1. The number of halogens is 2. The lowest BCUT2D eigenvalue weighted by Gasteiger charge is -2.17. The van der Waals surface area contributed by atoms with Gasteiger partial charge in [0.15, 0.2) is 0 Å². The Morgan fingerprint density at radius 3 is 2.93 bits per heavy atom. The van der Waals surface area contributed by atoms with Gasteiger partial charge < -0.3 is 21.1 Å². The number of benzene rings is 1. The Bertz CT molecular complexity index is 1020. The predicted molar refractivity (Wildman–Crippen MR) is 112 cm³/mol. The highest BCUT2D eigenvalue weighted by Gasteiger charge is 2.34. The molecule has 0 radical (unpaired) electrons. The highest BCUT2D eigenvalue weighted by atomic mass is 127. The van der Waals surface area contributed by atoms with Crippen LogP contribution in [0.1, 0.15) is 10.4 Å². The van der Waals surface area contributed by atoms with E-state index < -0.39 is 18.0 Å². The Morgan fingerprint density at radius 1 is 1.41 bits per heavy atom. The first-order chi connectivity index (χ1) is 12.9.